The van der Waals surface area contributed by atoms with Crippen LogP contribution in [-0.4, -0.2) is 37.4 Å². The van der Waals surface area contributed by atoms with Crippen LogP contribution in [0.25, 0.3) is 0 Å². The summed E-state index contributed by atoms with van der Waals surface area (Å²) in [5.74, 6) is 1.71. The second kappa shape index (κ2) is 9.15. The molecule has 136 valence electrons. The number of carbonyl (C=O) groups is 1. The van der Waals surface area contributed by atoms with E-state index in [1.165, 1.54) is 19.4 Å². The van der Waals surface area contributed by atoms with E-state index in [9.17, 15) is 4.79 Å². The van der Waals surface area contributed by atoms with E-state index >= 15 is 0 Å². The van der Waals surface area contributed by atoms with Gasteiger partial charge >= 0.3 is 0 Å². The van der Waals surface area contributed by atoms with E-state index < -0.39 is 0 Å². The molecule has 0 aliphatic heterocycles. The number of likely N-dealkylation sites (N-methyl/N-ethyl adjacent to an activating group) is 1. The van der Waals surface area contributed by atoms with Crippen molar-refractivity contribution < 1.29 is 9.53 Å². The Morgan fingerprint density at radius 2 is 1.69 bits per heavy atom. The molecule has 26 heavy (non-hydrogen) atoms. The van der Waals surface area contributed by atoms with E-state index in [1.54, 1.807) is 0 Å². The molecule has 1 aliphatic carbocycles. The summed E-state index contributed by atoms with van der Waals surface area (Å²) in [6.45, 7) is 2.69. The second-order valence-electron chi connectivity index (χ2n) is 6.81. The molecule has 0 saturated heterocycles. The van der Waals surface area contributed by atoms with Crippen molar-refractivity contribution in [2.75, 3.05) is 26.7 Å². The number of ketones is 1. The molecule has 0 amide bonds. The number of nitrogens with zero attached hydrogens (tertiary/aromatic N) is 1. The number of hydrogen-bond donors (Lipinski definition) is 0. The highest BCUT2D eigenvalue weighted by Crippen LogP contribution is 2.29. The molecule has 2 aromatic rings. The Balaban J connectivity index is 1.45. The van der Waals surface area contributed by atoms with Crippen LogP contribution in [0.5, 0.6) is 5.75 Å². The van der Waals surface area contributed by atoms with Crippen LogP contribution in [0.3, 0.4) is 0 Å². The normalized spacial score (nSPS) is 14.1. The molecule has 0 radical (unpaired) electrons. The Hall–Kier alpha value is -1.91. The van der Waals surface area contributed by atoms with E-state index in [0.717, 1.165) is 22.7 Å². The van der Waals surface area contributed by atoms with Crippen LogP contribution in [0, 0.1) is 5.92 Å². The highest BCUT2D eigenvalue weighted by Gasteiger charge is 2.22. The first-order chi connectivity index (χ1) is 12.6. The van der Waals surface area contributed by atoms with Crippen LogP contribution in [-0.2, 0) is 0 Å². The Morgan fingerprint density at radius 3 is 2.31 bits per heavy atom. The first-order valence-corrected chi connectivity index (χ1v) is 9.78. The lowest BCUT2D eigenvalue weighted by molar-refractivity contribution is 0.103. The molecule has 3 rings (SSSR count). The molecule has 3 nitrogen and oxygen atoms in total. The van der Waals surface area contributed by atoms with Gasteiger partial charge in [0.2, 0.25) is 0 Å². The fourth-order valence-electron chi connectivity index (χ4n) is 2.75. The van der Waals surface area contributed by atoms with Crippen LogP contribution < -0.4 is 4.74 Å². The maximum Gasteiger partial charge on any atom is 0.193 e. The number of hydrogen-bond acceptors (Lipinski definition) is 3. The Morgan fingerprint density at radius 1 is 1.08 bits per heavy atom. The minimum Gasteiger partial charge on any atom is -0.490 e. The van der Waals surface area contributed by atoms with E-state index in [2.05, 4.69) is 34.0 Å². The van der Waals surface area contributed by atoms with Crippen molar-refractivity contribution in [3.8, 4) is 5.75 Å². The zero-order valence-corrected chi connectivity index (χ0v) is 16.6. The minimum absolute atomic E-state index is 0.0163. The van der Waals surface area contributed by atoms with Gasteiger partial charge in [-0.1, -0.05) is 28.1 Å². The smallest absolute Gasteiger partial charge is 0.193 e. The zero-order chi connectivity index (χ0) is 18.4. The Labute approximate surface area is 163 Å². The van der Waals surface area contributed by atoms with Crippen LogP contribution in [0.2, 0.25) is 0 Å². The molecule has 2 aromatic carbocycles. The van der Waals surface area contributed by atoms with Gasteiger partial charge in [0.15, 0.2) is 5.78 Å². The van der Waals surface area contributed by atoms with Gasteiger partial charge in [-0.3, -0.25) is 4.79 Å². The van der Waals surface area contributed by atoms with E-state index in [-0.39, 0.29) is 5.78 Å². The third-order valence-corrected chi connectivity index (χ3v) is 4.95. The third kappa shape index (κ3) is 5.82. The SMILES string of the molecule is CN(CC=CCOc1ccc(C(=O)c2ccc(Br)cc2)cc1)CC1CC1. The summed E-state index contributed by atoms with van der Waals surface area (Å²) in [5, 5.41) is 0. The van der Waals surface area contributed by atoms with E-state index in [4.69, 9.17) is 4.74 Å². The molecule has 0 heterocycles. The molecule has 0 unspecified atom stereocenters. The van der Waals surface area contributed by atoms with Crippen molar-refractivity contribution in [1.82, 2.24) is 4.90 Å². The lowest BCUT2D eigenvalue weighted by Gasteiger charge is -2.12. The fraction of sp³-hybridized carbons (Fsp3) is 0.318. The van der Waals surface area contributed by atoms with Gasteiger partial charge in [0, 0.05) is 28.7 Å². The maximum atomic E-state index is 12.4. The van der Waals surface area contributed by atoms with Gasteiger partial charge in [0.25, 0.3) is 0 Å². The van der Waals surface area contributed by atoms with Gasteiger partial charge in [-0.2, -0.15) is 0 Å². The summed E-state index contributed by atoms with van der Waals surface area (Å²) in [6, 6.07) is 14.7. The number of carbonyl (C=O) groups excluding carboxylic acids is 1. The van der Waals surface area contributed by atoms with Crippen molar-refractivity contribution in [1.29, 1.82) is 0 Å². The highest BCUT2D eigenvalue weighted by molar-refractivity contribution is 9.10. The summed E-state index contributed by atoms with van der Waals surface area (Å²) in [6.07, 6.45) is 6.97. The van der Waals surface area contributed by atoms with E-state index in [0.29, 0.717) is 17.7 Å². The number of rotatable bonds is 9. The second-order valence-corrected chi connectivity index (χ2v) is 7.72. The molecular formula is C22H24BrNO2. The predicted molar refractivity (Wildman–Crippen MR) is 109 cm³/mol. The van der Waals surface area contributed by atoms with Crippen LogP contribution in [0.1, 0.15) is 28.8 Å². The standard InChI is InChI=1S/C22H24BrNO2/c1-24(16-17-4-5-17)14-2-3-15-26-21-12-8-19(9-13-21)22(25)18-6-10-20(23)11-7-18/h2-3,6-13,17H,4-5,14-16H2,1H3. The summed E-state index contributed by atoms with van der Waals surface area (Å²) < 4.78 is 6.68. The zero-order valence-electron chi connectivity index (χ0n) is 15.0. The molecule has 0 atom stereocenters. The predicted octanol–water partition coefficient (Wildman–Crippen LogP) is 4.96. The van der Waals surface area contributed by atoms with Crippen molar-refractivity contribution >= 4 is 21.7 Å². The molecule has 0 spiro atoms. The highest BCUT2D eigenvalue weighted by atomic mass is 79.9. The molecule has 1 aliphatic rings. The first-order valence-electron chi connectivity index (χ1n) is 8.98. The van der Waals surface area contributed by atoms with Crippen molar-refractivity contribution in [3.05, 3.63) is 76.3 Å². The number of ether oxygens (including phenoxy) is 1. The van der Waals surface area contributed by atoms with Gasteiger partial charge in [-0.15, -0.1) is 0 Å². The summed E-state index contributed by atoms with van der Waals surface area (Å²) in [7, 11) is 2.16. The van der Waals surface area contributed by atoms with Gasteiger partial charge < -0.3 is 9.64 Å². The molecule has 1 saturated carbocycles. The summed E-state index contributed by atoms with van der Waals surface area (Å²) >= 11 is 3.38. The fourth-order valence-corrected chi connectivity index (χ4v) is 3.02. The Bertz CT molecular complexity index is 749. The summed E-state index contributed by atoms with van der Waals surface area (Å²) in [4.78, 5) is 14.8. The molecule has 1 fully saturated rings. The van der Waals surface area contributed by atoms with Crippen molar-refractivity contribution in [2.24, 2.45) is 5.92 Å². The number of benzene rings is 2. The molecule has 4 heteroatoms. The molecular weight excluding hydrogens is 390 g/mol. The average Bonchev–Trinajstić information content (AvgIpc) is 3.46. The summed E-state index contributed by atoms with van der Waals surface area (Å²) in [5.41, 5.74) is 1.34. The topological polar surface area (TPSA) is 29.5 Å². The third-order valence-electron chi connectivity index (χ3n) is 4.42. The van der Waals surface area contributed by atoms with Gasteiger partial charge in [0.05, 0.1) is 0 Å². The van der Waals surface area contributed by atoms with Crippen LogP contribution in [0.15, 0.2) is 65.2 Å². The van der Waals surface area contributed by atoms with Crippen molar-refractivity contribution in [2.45, 2.75) is 12.8 Å². The minimum atomic E-state index is 0.0163. The Kier molecular flexibility index (Phi) is 6.64. The lowest BCUT2D eigenvalue weighted by atomic mass is 10.0. The van der Waals surface area contributed by atoms with Crippen molar-refractivity contribution in [3.63, 3.8) is 0 Å². The maximum absolute atomic E-state index is 12.4. The van der Waals surface area contributed by atoms with Crippen LogP contribution in [0.4, 0.5) is 0 Å². The molecule has 0 aromatic heterocycles. The van der Waals surface area contributed by atoms with Gasteiger partial charge in [-0.05, 0) is 74.3 Å². The molecule has 0 bridgehead atoms. The monoisotopic (exact) mass is 413 g/mol. The van der Waals surface area contributed by atoms with E-state index in [1.807, 2.05) is 54.6 Å². The molecule has 0 N–H and O–H groups in total. The van der Waals surface area contributed by atoms with Gasteiger partial charge in [0.1, 0.15) is 12.4 Å². The average molecular weight is 414 g/mol. The van der Waals surface area contributed by atoms with Gasteiger partial charge in [-0.25, -0.2) is 0 Å². The largest absolute Gasteiger partial charge is 0.490 e. The number of halogens is 1. The first kappa shape index (κ1) is 18.9. The lowest BCUT2D eigenvalue weighted by Crippen LogP contribution is -2.20. The van der Waals surface area contributed by atoms with Crippen LogP contribution >= 0.6 is 15.9 Å². The quantitative estimate of drug-likeness (QED) is 0.429.